The zero-order valence-corrected chi connectivity index (χ0v) is 14.5. The number of hydrogen-bond acceptors (Lipinski definition) is 5. The molecule has 0 bridgehead atoms. The predicted molar refractivity (Wildman–Crippen MR) is 95.6 cm³/mol. The van der Waals surface area contributed by atoms with Crippen LogP contribution in [0.4, 0.5) is 0 Å². The van der Waals surface area contributed by atoms with Gasteiger partial charge >= 0.3 is 5.76 Å². The van der Waals surface area contributed by atoms with Crippen LogP contribution >= 0.6 is 0 Å². The first-order valence-electron chi connectivity index (χ1n) is 7.75. The highest BCUT2D eigenvalue weighted by atomic mass is 32.2. The number of nitrogens with zero attached hydrogens (tertiary/aromatic N) is 1. The van der Waals surface area contributed by atoms with E-state index in [-0.39, 0.29) is 24.7 Å². The van der Waals surface area contributed by atoms with Crippen molar-refractivity contribution in [2.75, 3.05) is 0 Å². The first kappa shape index (κ1) is 17.9. The fraction of sp³-hybridized carbons (Fsp3) is 0.176. The third-order valence-electron chi connectivity index (χ3n) is 3.76. The average molecular weight is 375 g/mol. The fourth-order valence-corrected chi connectivity index (χ4v) is 3.21. The van der Waals surface area contributed by atoms with Crippen LogP contribution in [-0.4, -0.2) is 18.9 Å². The van der Waals surface area contributed by atoms with Crippen molar-refractivity contribution in [1.82, 2.24) is 9.88 Å². The number of fused-ring (bicyclic) bond motifs is 1. The third kappa shape index (κ3) is 4.38. The number of aromatic nitrogens is 1. The van der Waals surface area contributed by atoms with E-state index in [2.05, 4.69) is 5.32 Å². The van der Waals surface area contributed by atoms with Gasteiger partial charge in [0.2, 0.25) is 15.9 Å². The highest BCUT2D eigenvalue weighted by Gasteiger charge is 2.12. The quantitative estimate of drug-likeness (QED) is 0.656. The van der Waals surface area contributed by atoms with Gasteiger partial charge in [-0.2, -0.15) is 0 Å². The van der Waals surface area contributed by atoms with Crippen molar-refractivity contribution in [3.05, 3.63) is 70.2 Å². The number of para-hydroxylation sites is 2. The van der Waals surface area contributed by atoms with Crippen LogP contribution in [0.2, 0.25) is 0 Å². The minimum atomic E-state index is -3.58. The smallest absolute Gasteiger partial charge is 0.408 e. The standard InChI is InChI=1S/C17H17N3O5S/c18-26(23,24)11-13-7-5-12(6-8-13)9-19-16(21)10-20-14-3-1-2-4-15(14)25-17(20)22/h1-8H,9-11H2,(H,19,21)(H2,18,23,24). The van der Waals surface area contributed by atoms with Crippen LogP contribution in [0, 0.1) is 0 Å². The Kier molecular flexibility index (Phi) is 4.92. The molecule has 9 heteroatoms. The molecule has 3 rings (SSSR count). The predicted octanol–water partition coefficient (Wildman–Crippen LogP) is 0.699. The molecule has 0 fully saturated rings. The summed E-state index contributed by atoms with van der Waals surface area (Å²) < 4.78 is 28.5. The Morgan fingerprint density at radius 2 is 1.73 bits per heavy atom. The molecule has 8 nitrogen and oxygen atoms in total. The maximum absolute atomic E-state index is 12.1. The number of rotatable bonds is 6. The molecule has 0 aliphatic carbocycles. The maximum atomic E-state index is 12.1. The first-order valence-corrected chi connectivity index (χ1v) is 9.47. The molecule has 3 N–H and O–H groups in total. The van der Waals surface area contributed by atoms with E-state index in [9.17, 15) is 18.0 Å². The van der Waals surface area contributed by atoms with Crippen LogP contribution in [0.1, 0.15) is 11.1 Å². The van der Waals surface area contributed by atoms with E-state index < -0.39 is 15.8 Å². The van der Waals surface area contributed by atoms with E-state index in [1.165, 1.54) is 4.57 Å². The Bertz CT molecular complexity index is 1100. The van der Waals surface area contributed by atoms with Crippen LogP contribution in [0.3, 0.4) is 0 Å². The normalized spacial score (nSPS) is 11.6. The van der Waals surface area contributed by atoms with Crippen LogP contribution < -0.4 is 16.2 Å². The summed E-state index contributed by atoms with van der Waals surface area (Å²) in [5.41, 5.74) is 2.34. The fourth-order valence-electron chi connectivity index (χ4n) is 2.55. The van der Waals surface area contributed by atoms with Crippen molar-refractivity contribution in [2.45, 2.75) is 18.8 Å². The summed E-state index contributed by atoms with van der Waals surface area (Å²) in [6.45, 7) is 0.0956. The van der Waals surface area contributed by atoms with E-state index in [4.69, 9.17) is 9.56 Å². The molecule has 0 saturated heterocycles. The summed E-state index contributed by atoms with van der Waals surface area (Å²) in [6, 6.07) is 13.6. The maximum Gasteiger partial charge on any atom is 0.420 e. The molecule has 0 atom stereocenters. The topological polar surface area (TPSA) is 124 Å². The van der Waals surface area contributed by atoms with Gasteiger partial charge in [-0.3, -0.25) is 9.36 Å². The molecule has 0 aliphatic heterocycles. The van der Waals surface area contributed by atoms with Crippen molar-refractivity contribution in [3.8, 4) is 0 Å². The van der Waals surface area contributed by atoms with E-state index in [0.29, 0.717) is 16.7 Å². The van der Waals surface area contributed by atoms with Gasteiger partial charge in [-0.25, -0.2) is 18.4 Å². The number of amides is 1. The zero-order valence-electron chi connectivity index (χ0n) is 13.7. The third-order valence-corrected chi connectivity index (χ3v) is 4.49. The summed E-state index contributed by atoms with van der Waals surface area (Å²) in [7, 11) is -3.58. The SMILES string of the molecule is NS(=O)(=O)Cc1ccc(CNC(=O)Cn2c(=O)oc3ccccc32)cc1. The molecular weight excluding hydrogens is 358 g/mol. The highest BCUT2D eigenvalue weighted by molar-refractivity contribution is 7.88. The zero-order chi connectivity index (χ0) is 18.7. The number of hydrogen-bond donors (Lipinski definition) is 2. The monoisotopic (exact) mass is 375 g/mol. The summed E-state index contributed by atoms with van der Waals surface area (Å²) in [4.78, 5) is 24.0. The number of primary sulfonamides is 1. The minimum absolute atomic E-state index is 0.153. The summed E-state index contributed by atoms with van der Waals surface area (Å²) in [5.74, 6) is -1.17. The molecule has 0 aliphatic rings. The van der Waals surface area contributed by atoms with Gasteiger partial charge in [0.25, 0.3) is 0 Å². The van der Waals surface area contributed by atoms with Gasteiger partial charge in [0.1, 0.15) is 6.54 Å². The summed E-state index contributed by atoms with van der Waals surface area (Å²) >= 11 is 0. The number of sulfonamides is 1. The largest absolute Gasteiger partial charge is 0.420 e. The number of benzene rings is 2. The number of nitrogens with two attached hydrogens (primary N) is 1. The molecule has 0 unspecified atom stereocenters. The molecule has 2 aromatic carbocycles. The lowest BCUT2D eigenvalue weighted by molar-refractivity contribution is -0.121. The van der Waals surface area contributed by atoms with Gasteiger partial charge in [0.05, 0.1) is 11.3 Å². The van der Waals surface area contributed by atoms with Crippen LogP contribution in [-0.2, 0) is 33.7 Å². The molecule has 0 radical (unpaired) electrons. The number of carbonyl (C=O) groups is 1. The van der Waals surface area contributed by atoms with Gasteiger partial charge in [-0.1, -0.05) is 36.4 Å². The molecule has 26 heavy (non-hydrogen) atoms. The van der Waals surface area contributed by atoms with Crippen molar-refractivity contribution < 1.29 is 17.6 Å². The number of oxazole rings is 1. The van der Waals surface area contributed by atoms with E-state index >= 15 is 0 Å². The second-order valence-corrected chi connectivity index (χ2v) is 7.44. The Morgan fingerprint density at radius 3 is 2.42 bits per heavy atom. The molecule has 1 amide bonds. The van der Waals surface area contributed by atoms with Gasteiger partial charge in [-0.05, 0) is 23.3 Å². The Balaban J connectivity index is 1.62. The Labute approximate surface area is 149 Å². The number of carbonyl (C=O) groups excluding carboxylic acids is 1. The van der Waals surface area contributed by atoms with Crippen molar-refractivity contribution in [2.24, 2.45) is 5.14 Å². The van der Waals surface area contributed by atoms with Crippen molar-refractivity contribution in [1.29, 1.82) is 0 Å². The minimum Gasteiger partial charge on any atom is -0.408 e. The van der Waals surface area contributed by atoms with Crippen molar-refractivity contribution >= 4 is 27.0 Å². The molecule has 0 saturated carbocycles. The van der Waals surface area contributed by atoms with Gasteiger partial charge < -0.3 is 9.73 Å². The van der Waals surface area contributed by atoms with Gasteiger partial charge in [-0.15, -0.1) is 0 Å². The summed E-state index contributed by atoms with van der Waals surface area (Å²) in [5, 5.41) is 7.71. The van der Waals surface area contributed by atoms with E-state index in [1.807, 2.05) is 0 Å². The second kappa shape index (κ2) is 7.14. The molecule has 1 heterocycles. The van der Waals surface area contributed by atoms with Crippen LogP contribution in [0.5, 0.6) is 0 Å². The first-order chi connectivity index (χ1) is 12.3. The molecular formula is C17H17N3O5S. The second-order valence-electron chi connectivity index (χ2n) is 5.82. The lowest BCUT2D eigenvalue weighted by atomic mass is 10.1. The van der Waals surface area contributed by atoms with Crippen LogP contribution in [0.25, 0.3) is 11.1 Å². The Morgan fingerprint density at radius 1 is 1.08 bits per heavy atom. The molecule has 3 aromatic rings. The average Bonchev–Trinajstić information content (AvgIpc) is 2.89. The molecule has 0 spiro atoms. The lowest BCUT2D eigenvalue weighted by Gasteiger charge is -2.07. The van der Waals surface area contributed by atoms with E-state index in [0.717, 1.165) is 5.56 Å². The van der Waals surface area contributed by atoms with Crippen molar-refractivity contribution in [3.63, 3.8) is 0 Å². The number of nitrogens with one attached hydrogen (secondary N) is 1. The van der Waals surface area contributed by atoms with Gasteiger partial charge in [0, 0.05) is 6.54 Å². The Hall–Kier alpha value is -2.91. The lowest BCUT2D eigenvalue weighted by Crippen LogP contribution is -2.30. The molecule has 1 aromatic heterocycles. The highest BCUT2D eigenvalue weighted by Crippen LogP contribution is 2.11. The van der Waals surface area contributed by atoms with E-state index in [1.54, 1.807) is 48.5 Å². The van der Waals surface area contributed by atoms with Crippen LogP contribution in [0.15, 0.2) is 57.7 Å². The molecule has 136 valence electrons. The summed E-state index contributed by atoms with van der Waals surface area (Å²) in [6.07, 6.45) is 0. The van der Waals surface area contributed by atoms with Gasteiger partial charge in [0.15, 0.2) is 5.58 Å².